The molecule has 0 aliphatic carbocycles. The smallest absolute Gasteiger partial charge is 0.272 e. The predicted molar refractivity (Wildman–Crippen MR) is 136 cm³/mol. The molecular weight excluding hydrogens is 422 g/mol. The highest BCUT2D eigenvalue weighted by atomic mass is 16.5. The first-order valence-corrected chi connectivity index (χ1v) is 12.1. The van der Waals surface area contributed by atoms with Gasteiger partial charge >= 0.3 is 0 Å². The molecule has 0 radical (unpaired) electrons. The van der Waals surface area contributed by atoms with E-state index in [1.54, 1.807) is 19.4 Å². The van der Waals surface area contributed by atoms with Crippen LogP contribution in [0.25, 0.3) is 0 Å². The van der Waals surface area contributed by atoms with Crippen LogP contribution in [-0.4, -0.2) is 54.0 Å². The summed E-state index contributed by atoms with van der Waals surface area (Å²) in [5.41, 5.74) is 4.27. The fraction of sp³-hybridized carbons (Fsp3) is 0.379. The second-order valence-corrected chi connectivity index (χ2v) is 9.31. The van der Waals surface area contributed by atoms with Gasteiger partial charge in [-0.15, -0.1) is 0 Å². The minimum atomic E-state index is -0.00216. The maximum Gasteiger partial charge on any atom is 0.272 e. The molecule has 178 valence electrons. The molecule has 1 unspecified atom stereocenters. The first kappa shape index (κ1) is 24.0. The Hall–Kier alpha value is -3.18. The molecule has 0 saturated carbocycles. The number of methoxy groups -OCH3 is 1. The van der Waals surface area contributed by atoms with E-state index in [2.05, 4.69) is 59.3 Å². The molecule has 2 aromatic carbocycles. The molecule has 0 bridgehead atoms. The van der Waals surface area contributed by atoms with E-state index in [0.717, 1.165) is 44.6 Å². The lowest BCUT2D eigenvalue weighted by atomic mass is 9.84. The molecule has 1 fully saturated rings. The number of rotatable bonds is 8. The van der Waals surface area contributed by atoms with Crippen LogP contribution in [0.2, 0.25) is 0 Å². The number of ether oxygens (including phenoxy) is 1. The van der Waals surface area contributed by atoms with Crippen LogP contribution >= 0.6 is 0 Å². The molecule has 1 aliphatic rings. The largest absolute Gasteiger partial charge is 0.496 e. The summed E-state index contributed by atoms with van der Waals surface area (Å²) in [6, 6.07) is 22.6. The van der Waals surface area contributed by atoms with Crippen LogP contribution in [0.15, 0.2) is 72.9 Å². The third-order valence-electron chi connectivity index (χ3n) is 7.03. The Kier molecular flexibility index (Phi) is 7.96. The summed E-state index contributed by atoms with van der Waals surface area (Å²) in [5, 5.41) is 0. The third-order valence-corrected chi connectivity index (χ3v) is 7.03. The molecule has 5 heteroatoms. The molecular formula is C29H35N3O2. The zero-order chi connectivity index (χ0) is 23.9. The maximum atomic E-state index is 13.3. The van der Waals surface area contributed by atoms with Crippen molar-refractivity contribution in [2.75, 3.05) is 27.2 Å². The second-order valence-electron chi connectivity index (χ2n) is 9.31. The lowest BCUT2D eigenvalue weighted by Crippen LogP contribution is -2.47. The van der Waals surface area contributed by atoms with Crippen LogP contribution in [0.3, 0.4) is 0 Å². The summed E-state index contributed by atoms with van der Waals surface area (Å²) >= 11 is 0. The van der Waals surface area contributed by atoms with Gasteiger partial charge in [-0.2, -0.15) is 0 Å². The van der Waals surface area contributed by atoms with Gasteiger partial charge in [-0.25, -0.2) is 0 Å². The fourth-order valence-corrected chi connectivity index (χ4v) is 5.09. The number of hydrogen-bond acceptors (Lipinski definition) is 4. The second kappa shape index (κ2) is 11.3. The number of hydrogen-bond donors (Lipinski definition) is 0. The number of likely N-dealkylation sites (N-methyl/N-ethyl adjacent to an activating group) is 1. The molecule has 1 aromatic heterocycles. The summed E-state index contributed by atoms with van der Waals surface area (Å²) in [6.07, 6.45) is 4.70. The minimum Gasteiger partial charge on any atom is -0.496 e. The zero-order valence-electron chi connectivity index (χ0n) is 20.5. The van der Waals surface area contributed by atoms with Crippen LogP contribution in [0, 0.1) is 12.8 Å². The van der Waals surface area contributed by atoms with E-state index in [0.29, 0.717) is 11.6 Å². The van der Waals surface area contributed by atoms with E-state index in [4.69, 9.17) is 4.74 Å². The average molecular weight is 458 g/mol. The van der Waals surface area contributed by atoms with Gasteiger partial charge in [0.1, 0.15) is 11.4 Å². The van der Waals surface area contributed by atoms with Crippen molar-refractivity contribution in [2.45, 2.75) is 38.8 Å². The quantitative estimate of drug-likeness (QED) is 0.478. The standard InChI is InChI=1S/C29H35N3O2/c1-22-19-24(12-13-28(22)34-3)21-32-17-14-25(15-18-32)27(20-23-9-5-4-6-10-23)31(2)29(33)26-11-7-8-16-30-26/h4-13,16,19,25,27H,14-15,17-18,20-21H2,1-3H3. The van der Waals surface area contributed by atoms with Crippen LogP contribution in [-0.2, 0) is 13.0 Å². The van der Waals surface area contributed by atoms with Gasteiger partial charge in [0.15, 0.2) is 0 Å². The van der Waals surface area contributed by atoms with Gasteiger partial charge in [0.25, 0.3) is 5.91 Å². The molecule has 1 aliphatic heterocycles. The lowest BCUT2D eigenvalue weighted by molar-refractivity contribution is 0.0579. The monoisotopic (exact) mass is 457 g/mol. The average Bonchev–Trinajstić information content (AvgIpc) is 2.88. The fourth-order valence-electron chi connectivity index (χ4n) is 5.09. The highest BCUT2D eigenvalue weighted by molar-refractivity contribution is 5.92. The van der Waals surface area contributed by atoms with Crippen LogP contribution < -0.4 is 4.74 Å². The Morgan fingerprint density at radius 1 is 1.06 bits per heavy atom. The van der Waals surface area contributed by atoms with Gasteiger partial charge in [-0.1, -0.05) is 48.5 Å². The van der Waals surface area contributed by atoms with Gasteiger partial charge in [0, 0.05) is 25.8 Å². The molecule has 1 atom stereocenters. The first-order chi connectivity index (χ1) is 16.5. The van der Waals surface area contributed by atoms with E-state index in [-0.39, 0.29) is 11.9 Å². The zero-order valence-corrected chi connectivity index (χ0v) is 20.5. The van der Waals surface area contributed by atoms with Gasteiger partial charge in [0.05, 0.1) is 7.11 Å². The number of likely N-dealkylation sites (tertiary alicyclic amines) is 1. The number of aromatic nitrogens is 1. The van der Waals surface area contributed by atoms with Crippen molar-refractivity contribution in [3.8, 4) is 5.75 Å². The van der Waals surface area contributed by atoms with Crippen molar-refractivity contribution in [2.24, 2.45) is 5.92 Å². The van der Waals surface area contributed by atoms with Gasteiger partial charge in [-0.3, -0.25) is 14.7 Å². The van der Waals surface area contributed by atoms with E-state index in [1.165, 1.54) is 16.7 Å². The number of benzene rings is 2. The number of nitrogens with zero attached hydrogens (tertiary/aromatic N) is 3. The summed E-state index contributed by atoms with van der Waals surface area (Å²) in [5.74, 6) is 1.39. The van der Waals surface area contributed by atoms with Crippen LogP contribution in [0.4, 0.5) is 0 Å². The number of piperidine rings is 1. The molecule has 0 spiro atoms. The van der Waals surface area contributed by atoms with Crippen LogP contribution in [0.5, 0.6) is 5.75 Å². The Labute approximate surface area is 203 Å². The number of aryl methyl sites for hydroxylation is 1. The maximum absolute atomic E-state index is 13.3. The SMILES string of the molecule is COc1ccc(CN2CCC(C(Cc3ccccc3)N(C)C(=O)c3ccccn3)CC2)cc1C. The third kappa shape index (κ3) is 5.84. The highest BCUT2D eigenvalue weighted by Gasteiger charge is 2.32. The molecule has 1 amide bonds. The van der Waals surface area contributed by atoms with E-state index >= 15 is 0 Å². The number of carbonyl (C=O) groups is 1. The Balaban J connectivity index is 1.44. The Bertz CT molecular complexity index is 1060. The number of pyridine rings is 1. The molecule has 3 aromatic rings. The van der Waals surface area contributed by atoms with Crippen molar-refractivity contribution in [3.63, 3.8) is 0 Å². The topological polar surface area (TPSA) is 45.7 Å². The molecule has 0 N–H and O–H groups in total. The lowest BCUT2D eigenvalue weighted by Gasteiger charge is -2.40. The van der Waals surface area contributed by atoms with Crippen molar-refractivity contribution in [1.29, 1.82) is 0 Å². The number of carbonyl (C=O) groups excluding carboxylic acids is 1. The highest BCUT2D eigenvalue weighted by Crippen LogP contribution is 2.28. The Morgan fingerprint density at radius 3 is 2.44 bits per heavy atom. The van der Waals surface area contributed by atoms with E-state index < -0.39 is 0 Å². The summed E-state index contributed by atoms with van der Waals surface area (Å²) in [7, 11) is 3.66. The predicted octanol–water partition coefficient (Wildman–Crippen LogP) is 4.99. The van der Waals surface area contributed by atoms with Crippen molar-refractivity contribution >= 4 is 5.91 Å². The van der Waals surface area contributed by atoms with E-state index in [1.807, 2.05) is 30.1 Å². The summed E-state index contributed by atoms with van der Waals surface area (Å²) in [6.45, 7) is 5.11. The van der Waals surface area contributed by atoms with Crippen molar-refractivity contribution in [1.82, 2.24) is 14.8 Å². The van der Waals surface area contributed by atoms with Gasteiger partial charge < -0.3 is 9.64 Å². The molecule has 2 heterocycles. The Morgan fingerprint density at radius 2 is 1.79 bits per heavy atom. The van der Waals surface area contributed by atoms with Crippen LogP contribution in [0.1, 0.15) is 40.0 Å². The molecule has 4 rings (SSSR count). The van der Waals surface area contributed by atoms with E-state index in [9.17, 15) is 4.79 Å². The minimum absolute atomic E-state index is 0.00216. The first-order valence-electron chi connectivity index (χ1n) is 12.1. The van der Waals surface area contributed by atoms with Gasteiger partial charge in [0.2, 0.25) is 0 Å². The van der Waals surface area contributed by atoms with Gasteiger partial charge in [-0.05, 0) is 80.1 Å². The molecule has 5 nitrogen and oxygen atoms in total. The van der Waals surface area contributed by atoms with Crippen molar-refractivity contribution in [3.05, 3.63) is 95.3 Å². The molecule has 34 heavy (non-hydrogen) atoms. The summed E-state index contributed by atoms with van der Waals surface area (Å²) < 4.78 is 5.40. The summed E-state index contributed by atoms with van der Waals surface area (Å²) in [4.78, 5) is 22.0. The molecule has 1 saturated heterocycles. The normalized spacial score (nSPS) is 15.6. The van der Waals surface area contributed by atoms with Crippen molar-refractivity contribution < 1.29 is 9.53 Å². The number of amides is 1.